The van der Waals surface area contributed by atoms with Gasteiger partial charge in [0.2, 0.25) is 0 Å². The fourth-order valence-electron chi connectivity index (χ4n) is 5.29. The lowest BCUT2D eigenvalue weighted by Gasteiger charge is -2.20. The monoisotopic (exact) mass is 784 g/mol. The third kappa shape index (κ3) is 36.4. The summed E-state index contributed by atoms with van der Waals surface area (Å²) in [5.74, 6) is -2.46. The third-order valence-corrected chi connectivity index (χ3v) is 9.53. The van der Waals surface area contributed by atoms with Crippen molar-refractivity contribution in [3.8, 4) is 0 Å². The molecule has 0 aromatic carbocycles. The van der Waals surface area contributed by atoms with E-state index in [1.807, 2.05) is 12.2 Å². The maximum absolute atomic E-state index is 12.6. The number of esters is 2. The molecule has 0 aliphatic heterocycles. The molecular formula is C42H74NO10P. The zero-order valence-electron chi connectivity index (χ0n) is 33.6. The molecule has 0 heterocycles. The molecule has 0 radical (unpaired) electrons. The van der Waals surface area contributed by atoms with E-state index in [1.165, 1.54) is 83.5 Å². The molecule has 12 heteroatoms. The topological polar surface area (TPSA) is 172 Å². The summed E-state index contributed by atoms with van der Waals surface area (Å²) in [7, 11) is -4.72. The fourth-order valence-corrected chi connectivity index (χ4v) is 6.07. The van der Waals surface area contributed by atoms with Gasteiger partial charge < -0.3 is 25.2 Å². The van der Waals surface area contributed by atoms with Gasteiger partial charge in [-0.05, 0) is 51.4 Å². The number of allylic oxidation sites excluding steroid dienone is 8. The molecular weight excluding hydrogens is 709 g/mol. The first-order chi connectivity index (χ1) is 26.1. The average molecular weight is 784 g/mol. The van der Waals surface area contributed by atoms with Crippen molar-refractivity contribution in [2.45, 2.75) is 180 Å². The van der Waals surface area contributed by atoms with Crippen LogP contribution in [-0.2, 0) is 37.5 Å². The van der Waals surface area contributed by atoms with Gasteiger partial charge in [-0.3, -0.25) is 23.4 Å². The molecule has 0 rings (SSSR count). The van der Waals surface area contributed by atoms with Crippen molar-refractivity contribution in [1.29, 1.82) is 0 Å². The van der Waals surface area contributed by atoms with E-state index in [0.29, 0.717) is 19.3 Å². The number of carboxylic acids is 1. The van der Waals surface area contributed by atoms with Gasteiger partial charge in [-0.2, -0.15) is 0 Å². The Morgan fingerprint density at radius 2 is 1.00 bits per heavy atom. The number of phosphoric ester groups is 1. The van der Waals surface area contributed by atoms with E-state index < -0.39 is 51.1 Å². The van der Waals surface area contributed by atoms with Crippen molar-refractivity contribution >= 4 is 25.7 Å². The summed E-state index contributed by atoms with van der Waals surface area (Å²) in [5, 5.41) is 8.86. The predicted octanol–water partition coefficient (Wildman–Crippen LogP) is 10.6. The summed E-state index contributed by atoms with van der Waals surface area (Å²) in [4.78, 5) is 45.7. The number of aliphatic carboxylic acids is 1. The van der Waals surface area contributed by atoms with Gasteiger partial charge in [0.15, 0.2) is 6.10 Å². The maximum Gasteiger partial charge on any atom is 0.472 e. The second-order valence-corrected chi connectivity index (χ2v) is 15.2. The molecule has 3 atom stereocenters. The number of hydrogen-bond donors (Lipinski definition) is 3. The van der Waals surface area contributed by atoms with Crippen LogP contribution >= 0.6 is 7.82 Å². The molecule has 0 saturated heterocycles. The molecule has 0 aliphatic carbocycles. The number of ether oxygens (including phenoxy) is 2. The standard InChI is InChI=1S/C42H74NO10P/c1-3-5-7-9-11-13-14-15-16-17-18-19-20-21-22-23-24-26-28-30-32-34-41(45)53-38(36-51-54(48,49)52-37-39(43)42(46)47)35-50-40(44)33-31-29-27-25-12-10-8-6-4-2/h16-17,19-20,22-23,26,28,38-39H,3-15,18,21,24-25,27,29-37,43H2,1-2H3,(H,46,47)(H,48,49)/b17-16+,20-19+,23-22+,28-26+/t38-,39-/m0/s1. The lowest BCUT2D eigenvalue weighted by Crippen LogP contribution is -2.34. The first-order valence-corrected chi connectivity index (χ1v) is 22.2. The van der Waals surface area contributed by atoms with Crippen molar-refractivity contribution in [3.05, 3.63) is 48.6 Å². The first kappa shape index (κ1) is 51.4. The van der Waals surface area contributed by atoms with Gasteiger partial charge in [-0.1, -0.05) is 152 Å². The highest BCUT2D eigenvalue weighted by atomic mass is 31.2. The Hall–Kier alpha value is -2.56. The number of rotatable bonds is 38. The summed E-state index contributed by atoms with van der Waals surface area (Å²) in [6.07, 6.45) is 40.6. The number of hydrogen-bond acceptors (Lipinski definition) is 9. The van der Waals surface area contributed by atoms with Crippen LogP contribution in [0.5, 0.6) is 0 Å². The summed E-state index contributed by atoms with van der Waals surface area (Å²) >= 11 is 0. The lowest BCUT2D eigenvalue weighted by atomic mass is 10.1. The summed E-state index contributed by atoms with van der Waals surface area (Å²) in [6.45, 7) is 2.70. The van der Waals surface area contributed by atoms with Gasteiger partial charge in [0, 0.05) is 12.8 Å². The van der Waals surface area contributed by atoms with Gasteiger partial charge >= 0.3 is 25.7 Å². The van der Waals surface area contributed by atoms with E-state index >= 15 is 0 Å². The Kier molecular flexibility index (Phi) is 35.6. The molecule has 0 amide bonds. The van der Waals surface area contributed by atoms with Crippen LogP contribution in [0.15, 0.2) is 48.6 Å². The Bertz CT molecular complexity index is 1110. The predicted molar refractivity (Wildman–Crippen MR) is 217 cm³/mol. The normalized spacial score (nSPS) is 14.3. The second-order valence-electron chi connectivity index (χ2n) is 13.8. The zero-order valence-corrected chi connectivity index (χ0v) is 34.4. The summed E-state index contributed by atoms with van der Waals surface area (Å²) in [6, 6.07) is -1.53. The summed E-state index contributed by atoms with van der Waals surface area (Å²) in [5.41, 5.74) is 5.31. The van der Waals surface area contributed by atoms with Crippen molar-refractivity contribution in [2.75, 3.05) is 19.8 Å². The minimum atomic E-state index is -4.72. The second kappa shape index (κ2) is 37.4. The molecule has 54 heavy (non-hydrogen) atoms. The molecule has 0 fully saturated rings. The summed E-state index contributed by atoms with van der Waals surface area (Å²) < 4.78 is 32.5. The molecule has 11 nitrogen and oxygen atoms in total. The van der Waals surface area contributed by atoms with E-state index in [4.69, 9.17) is 24.8 Å². The van der Waals surface area contributed by atoms with Gasteiger partial charge in [0.1, 0.15) is 12.6 Å². The van der Waals surface area contributed by atoms with Gasteiger partial charge in [0.05, 0.1) is 13.2 Å². The molecule has 0 aliphatic rings. The van der Waals surface area contributed by atoms with Crippen LogP contribution in [0.3, 0.4) is 0 Å². The fraction of sp³-hybridized carbons (Fsp3) is 0.738. The average Bonchev–Trinajstić information content (AvgIpc) is 3.14. The lowest BCUT2D eigenvalue weighted by molar-refractivity contribution is -0.161. The Morgan fingerprint density at radius 3 is 1.52 bits per heavy atom. The Balaban J connectivity index is 4.45. The first-order valence-electron chi connectivity index (χ1n) is 20.7. The highest BCUT2D eigenvalue weighted by molar-refractivity contribution is 7.47. The van der Waals surface area contributed by atoms with E-state index in [2.05, 4.69) is 54.8 Å². The highest BCUT2D eigenvalue weighted by Gasteiger charge is 2.28. The molecule has 0 spiro atoms. The van der Waals surface area contributed by atoms with E-state index in [-0.39, 0.29) is 19.4 Å². The van der Waals surface area contributed by atoms with Crippen LogP contribution in [0.2, 0.25) is 0 Å². The van der Waals surface area contributed by atoms with Crippen LogP contribution in [-0.4, -0.2) is 59.9 Å². The Morgan fingerprint density at radius 1 is 0.574 bits per heavy atom. The van der Waals surface area contributed by atoms with Crippen LogP contribution in [0, 0.1) is 0 Å². The molecule has 0 saturated carbocycles. The number of phosphoric acid groups is 1. The number of carbonyl (C=O) groups excluding carboxylic acids is 2. The van der Waals surface area contributed by atoms with E-state index in [1.54, 1.807) is 0 Å². The minimum absolute atomic E-state index is 0.0854. The van der Waals surface area contributed by atoms with E-state index in [9.17, 15) is 23.8 Å². The molecule has 4 N–H and O–H groups in total. The maximum atomic E-state index is 12.6. The number of carbonyl (C=O) groups is 3. The third-order valence-electron chi connectivity index (χ3n) is 8.58. The Labute approximate surface area is 326 Å². The van der Waals surface area contributed by atoms with Gasteiger partial charge in [0.25, 0.3) is 0 Å². The SMILES string of the molecule is CCCCCCCCC/C=C/C/C=C/C/C=C/C/C=C/CCCC(=O)O[C@@H](COC(=O)CCCCCCCCCCC)COP(=O)(O)OC[C@H](N)C(=O)O. The number of carboxylic acid groups (broad SMARTS) is 1. The zero-order chi connectivity index (χ0) is 40.0. The molecule has 0 bridgehead atoms. The molecule has 1 unspecified atom stereocenters. The number of unbranched alkanes of at least 4 members (excludes halogenated alkanes) is 16. The molecule has 0 aromatic rings. The largest absolute Gasteiger partial charge is 0.480 e. The minimum Gasteiger partial charge on any atom is -0.480 e. The van der Waals surface area contributed by atoms with Crippen LogP contribution < -0.4 is 5.73 Å². The van der Waals surface area contributed by atoms with Crippen LogP contribution in [0.1, 0.15) is 168 Å². The number of nitrogens with two attached hydrogens (primary N) is 1. The van der Waals surface area contributed by atoms with Gasteiger partial charge in [-0.15, -0.1) is 0 Å². The molecule has 312 valence electrons. The van der Waals surface area contributed by atoms with Gasteiger partial charge in [-0.25, -0.2) is 4.57 Å². The van der Waals surface area contributed by atoms with Crippen molar-refractivity contribution in [3.63, 3.8) is 0 Å². The van der Waals surface area contributed by atoms with Crippen LogP contribution in [0.4, 0.5) is 0 Å². The van der Waals surface area contributed by atoms with Crippen LogP contribution in [0.25, 0.3) is 0 Å². The van der Waals surface area contributed by atoms with Crippen molar-refractivity contribution in [2.24, 2.45) is 5.73 Å². The molecule has 0 aromatic heterocycles. The smallest absolute Gasteiger partial charge is 0.472 e. The highest BCUT2D eigenvalue weighted by Crippen LogP contribution is 2.43. The van der Waals surface area contributed by atoms with Crippen molar-refractivity contribution in [1.82, 2.24) is 0 Å². The van der Waals surface area contributed by atoms with Crippen molar-refractivity contribution < 1.29 is 47.5 Å². The quantitative estimate of drug-likeness (QED) is 0.0235. The van der Waals surface area contributed by atoms with E-state index in [0.717, 1.165) is 38.5 Å².